The molecule has 22 heavy (non-hydrogen) atoms. The number of rotatable bonds is 3. The monoisotopic (exact) mass is 314 g/mol. The fourth-order valence-corrected chi connectivity index (χ4v) is 2.04. The zero-order chi connectivity index (χ0) is 16.5. The quantitative estimate of drug-likeness (QED) is 0.883. The second-order valence-electron chi connectivity index (χ2n) is 4.67. The smallest absolute Gasteiger partial charge is 0.416 e. The SMILES string of the molecule is COC(=O)c1[nH]c(=O)n(C)c1Cc1ccc(C(F)(F)F)cc1. The van der Waals surface area contributed by atoms with E-state index in [1.54, 1.807) is 0 Å². The maximum Gasteiger partial charge on any atom is 0.416 e. The molecule has 5 nitrogen and oxygen atoms in total. The molecule has 0 aliphatic heterocycles. The number of aromatic nitrogens is 2. The molecule has 0 amide bonds. The second-order valence-corrected chi connectivity index (χ2v) is 4.67. The highest BCUT2D eigenvalue weighted by molar-refractivity contribution is 5.88. The van der Waals surface area contributed by atoms with Crippen molar-refractivity contribution in [2.24, 2.45) is 7.05 Å². The summed E-state index contributed by atoms with van der Waals surface area (Å²) in [5, 5.41) is 0. The van der Waals surface area contributed by atoms with E-state index >= 15 is 0 Å². The summed E-state index contributed by atoms with van der Waals surface area (Å²) in [4.78, 5) is 25.6. The van der Waals surface area contributed by atoms with Gasteiger partial charge in [-0.05, 0) is 17.7 Å². The van der Waals surface area contributed by atoms with Gasteiger partial charge in [0.1, 0.15) is 5.69 Å². The van der Waals surface area contributed by atoms with Crippen molar-refractivity contribution in [3.05, 3.63) is 57.3 Å². The summed E-state index contributed by atoms with van der Waals surface area (Å²) in [5.74, 6) is -0.709. The van der Waals surface area contributed by atoms with Gasteiger partial charge in [0.15, 0.2) is 0 Å². The number of carbonyl (C=O) groups is 1. The van der Waals surface area contributed by atoms with Gasteiger partial charge in [-0.1, -0.05) is 12.1 Å². The van der Waals surface area contributed by atoms with E-state index in [1.165, 1.54) is 30.9 Å². The highest BCUT2D eigenvalue weighted by Crippen LogP contribution is 2.29. The fraction of sp³-hybridized carbons (Fsp3) is 0.286. The Morgan fingerprint density at radius 2 is 1.86 bits per heavy atom. The minimum atomic E-state index is -4.41. The first-order valence-electron chi connectivity index (χ1n) is 6.26. The Labute approximate surface area is 123 Å². The number of esters is 1. The zero-order valence-electron chi connectivity index (χ0n) is 11.8. The first kappa shape index (κ1) is 15.9. The van der Waals surface area contributed by atoms with Crippen molar-refractivity contribution in [3.8, 4) is 0 Å². The number of carbonyl (C=O) groups excluding carboxylic acids is 1. The third-order valence-electron chi connectivity index (χ3n) is 3.27. The Hall–Kier alpha value is -2.51. The molecule has 0 aliphatic rings. The van der Waals surface area contributed by atoms with E-state index in [4.69, 9.17) is 0 Å². The van der Waals surface area contributed by atoms with Gasteiger partial charge in [-0.2, -0.15) is 13.2 Å². The number of halogens is 3. The molecule has 0 spiro atoms. The normalized spacial score (nSPS) is 11.5. The lowest BCUT2D eigenvalue weighted by Gasteiger charge is -2.08. The lowest BCUT2D eigenvalue weighted by Crippen LogP contribution is -2.14. The van der Waals surface area contributed by atoms with Crippen LogP contribution in [0.15, 0.2) is 29.1 Å². The summed E-state index contributed by atoms with van der Waals surface area (Å²) in [6.45, 7) is 0. The average Bonchev–Trinajstić information content (AvgIpc) is 2.74. The Morgan fingerprint density at radius 3 is 2.36 bits per heavy atom. The van der Waals surface area contributed by atoms with Gasteiger partial charge in [-0.25, -0.2) is 9.59 Å². The van der Waals surface area contributed by atoms with Crippen molar-refractivity contribution in [2.45, 2.75) is 12.6 Å². The number of nitrogens with one attached hydrogen (secondary N) is 1. The molecule has 2 rings (SSSR count). The number of nitrogens with zero attached hydrogens (tertiary/aromatic N) is 1. The van der Waals surface area contributed by atoms with Crippen molar-refractivity contribution >= 4 is 5.97 Å². The number of methoxy groups -OCH3 is 1. The largest absolute Gasteiger partial charge is 0.464 e. The van der Waals surface area contributed by atoms with E-state index in [2.05, 4.69) is 9.72 Å². The van der Waals surface area contributed by atoms with Crippen LogP contribution >= 0.6 is 0 Å². The summed E-state index contributed by atoms with van der Waals surface area (Å²) < 4.78 is 43.4. The molecule has 0 fully saturated rings. The molecule has 0 saturated carbocycles. The van der Waals surface area contributed by atoms with E-state index in [-0.39, 0.29) is 12.1 Å². The molecular formula is C14H13F3N2O3. The average molecular weight is 314 g/mol. The predicted octanol–water partition coefficient (Wildman–Crippen LogP) is 2.11. The highest BCUT2D eigenvalue weighted by Gasteiger charge is 2.30. The van der Waals surface area contributed by atoms with E-state index < -0.39 is 23.4 Å². The molecular weight excluding hydrogens is 301 g/mol. The first-order chi connectivity index (χ1) is 10.2. The molecule has 118 valence electrons. The van der Waals surface area contributed by atoms with Gasteiger partial charge in [0.05, 0.1) is 18.4 Å². The molecule has 1 aromatic carbocycles. The third-order valence-corrected chi connectivity index (χ3v) is 3.27. The van der Waals surface area contributed by atoms with E-state index in [0.717, 1.165) is 12.1 Å². The number of imidazole rings is 1. The Morgan fingerprint density at radius 1 is 1.27 bits per heavy atom. The summed E-state index contributed by atoms with van der Waals surface area (Å²) in [5.41, 5.74) is -0.381. The number of benzene rings is 1. The standard InChI is InChI=1S/C14H13F3N2O3/c1-19-10(11(12(20)22-2)18-13(19)21)7-8-3-5-9(6-4-8)14(15,16)17/h3-6H,7H2,1-2H3,(H,18,21). The van der Waals surface area contributed by atoms with E-state index in [9.17, 15) is 22.8 Å². The minimum absolute atomic E-state index is 0.00472. The van der Waals surface area contributed by atoms with Crippen LogP contribution in [-0.2, 0) is 24.4 Å². The van der Waals surface area contributed by atoms with Crippen LogP contribution in [0.5, 0.6) is 0 Å². The number of alkyl halides is 3. The van der Waals surface area contributed by atoms with Gasteiger partial charge < -0.3 is 4.74 Å². The van der Waals surface area contributed by atoms with Crippen molar-refractivity contribution < 1.29 is 22.7 Å². The van der Waals surface area contributed by atoms with Crippen molar-refractivity contribution in [2.75, 3.05) is 7.11 Å². The molecule has 0 unspecified atom stereocenters. The van der Waals surface area contributed by atoms with Crippen molar-refractivity contribution in [1.82, 2.24) is 9.55 Å². The van der Waals surface area contributed by atoms with Gasteiger partial charge in [0.25, 0.3) is 0 Å². The predicted molar refractivity (Wildman–Crippen MR) is 71.6 cm³/mol. The zero-order valence-corrected chi connectivity index (χ0v) is 11.8. The highest BCUT2D eigenvalue weighted by atomic mass is 19.4. The van der Waals surface area contributed by atoms with Crippen LogP contribution in [0.3, 0.4) is 0 Å². The first-order valence-corrected chi connectivity index (χ1v) is 6.26. The lowest BCUT2D eigenvalue weighted by atomic mass is 10.1. The van der Waals surface area contributed by atoms with Crippen molar-refractivity contribution in [1.29, 1.82) is 0 Å². The van der Waals surface area contributed by atoms with Crippen LogP contribution < -0.4 is 5.69 Å². The number of ether oxygens (including phenoxy) is 1. The van der Waals surface area contributed by atoms with E-state index in [1.807, 2.05) is 0 Å². The minimum Gasteiger partial charge on any atom is -0.464 e. The second kappa shape index (κ2) is 5.70. The molecule has 0 atom stereocenters. The molecule has 2 aromatic rings. The molecule has 0 radical (unpaired) electrons. The Kier molecular flexibility index (Phi) is 4.11. The molecule has 0 saturated heterocycles. The number of hydrogen-bond donors (Lipinski definition) is 1. The lowest BCUT2D eigenvalue weighted by molar-refractivity contribution is -0.137. The van der Waals surface area contributed by atoms with Crippen LogP contribution in [0.25, 0.3) is 0 Å². The molecule has 8 heteroatoms. The number of H-pyrrole nitrogens is 1. The summed E-state index contributed by atoms with van der Waals surface area (Å²) in [6, 6.07) is 4.53. The Bertz CT molecular complexity index is 742. The summed E-state index contributed by atoms with van der Waals surface area (Å²) >= 11 is 0. The van der Waals surface area contributed by atoms with Crippen LogP contribution in [-0.4, -0.2) is 22.6 Å². The number of aromatic amines is 1. The van der Waals surface area contributed by atoms with Gasteiger partial charge in [0, 0.05) is 13.5 Å². The van der Waals surface area contributed by atoms with Crippen LogP contribution in [0, 0.1) is 0 Å². The maximum absolute atomic E-state index is 12.5. The summed E-state index contributed by atoms with van der Waals surface area (Å²) in [6.07, 6.45) is -4.28. The molecule has 1 N–H and O–H groups in total. The van der Waals surface area contributed by atoms with Gasteiger partial charge >= 0.3 is 17.8 Å². The molecule has 0 bridgehead atoms. The van der Waals surface area contributed by atoms with Crippen molar-refractivity contribution in [3.63, 3.8) is 0 Å². The number of hydrogen-bond acceptors (Lipinski definition) is 3. The van der Waals surface area contributed by atoms with Gasteiger partial charge in [-0.15, -0.1) is 0 Å². The van der Waals surface area contributed by atoms with Crippen LogP contribution in [0.4, 0.5) is 13.2 Å². The fourth-order valence-electron chi connectivity index (χ4n) is 2.04. The van der Waals surface area contributed by atoms with Crippen LogP contribution in [0.2, 0.25) is 0 Å². The topological polar surface area (TPSA) is 64.1 Å². The molecule has 0 aliphatic carbocycles. The molecule has 1 aromatic heterocycles. The maximum atomic E-state index is 12.5. The van der Waals surface area contributed by atoms with Gasteiger partial charge in [-0.3, -0.25) is 9.55 Å². The third kappa shape index (κ3) is 3.05. The molecule has 1 heterocycles. The van der Waals surface area contributed by atoms with E-state index in [0.29, 0.717) is 11.3 Å². The Balaban J connectivity index is 2.35. The summed E-state index contributed by atoms with van der Waals surface area (Å²) in [7, 11) is 2.64. The van der Waals surface area contributed by atoms with Gasteiger partial charge in [0.2, 0.25) is 0 Å². The van der Waals surface area contributed by atoms with Crippen LogP contribution in [0.1, 0.15) is 27.3 Å².